The third-order valence-corrected chi connectivity index (χ3v) is 2.27. The molecule has 1 saturated heterocycles. The van der Waals surface area contributed by atoms with Crippen LogP contribution < -0.4 is 5.32 Å². The van der Waals surface area contributed by atoms with Crippen molar-refractivity contribution in [2.45, 2.75) is 25.7 Å². The van der Waals surface area contributed by atoms with E-state index in [1.807, 2.05) is 0 Å². The number of hydrogen-bond acceptors (Lipinski definition) is 2. The number of rotatable bonds is 5. The lowest BCUT2D eigenvalue weighted by atomic mass is 10.0. The van der Waals surface area contributed by atoms with Crippen molar-refractivity contribution < 1.29 is 9.53 Å². The second kappa shape index (κ2) is 5.14. The van der Waals surface area contributed by atoms with E-state index in [4.69, 9.17) is 4.74 Å². The maximum absolute atomic E-state index is 10.8. The van der Waals surface area contributed by atoms with E-state index >= 15 is 0 Å². The largest absolute Gasteiger partial charge is 0.385 e. The molecule has 0 radical (unpaired) electrons. The molecule has 70 valence electrons. The van der Waals surface area contributed by atoms with Gasteiger partial charge in [-0.3, -0.25) is 4.79 Å². The summed E-state index contributed by atoms with van der Waals surface area (Å²) in [5.74, 6) is 0.793. The number of carbonyl (C=O) groups is 1. The van der Waals surface area contributed by atoms with Gasteiger partial charge in [0.2, 0.25) is 5.91 Å². The SMILES string of the molecule is COCCCCC1CNC(=O)C1. The van der Waals surface area contributed by atoms with Crippen LogP contribution >= 0.6 is 0 Å². The van der Waals surface area contributed by atoms with Crippen molar-refractivity contribution in [1.82, 2.24) is 5.32 Å². The molecule has 1 fully saturated rings. The fourth-order valence-electron chi connectivity index (χ4n) is 1.55. The predicted molar refractivity (Wildman–Crippen MR) is 46.8 cm³/mol. The Hall–Kier alpha value is -0.570. The highest BCUT2D eigenvalue weighted by Crippen LogP contribution is 2.16. The number of methoxy groups -OCH3 is 1. The molecule has 1 atom stereocenters. The van der Waals surface area contributed by atoms with Gasteiger partial charge in [-0.05, 0) is 18.8 Å². The molecule has 3 heteroatoms. The Kier molecular flexibility index (Phi) is 4.08. The van der Waals surface area contributed by atoms with Gasteiger partial charge in [0.15, 0.2) is 0 Å². The van der Waals surface area contributed by atoms with Crippen molar-refractivity contribution in [3.05, 3.63) is 0 Å². The Bertz CT molecular complexity index is 147. The average molecular weight is 171 g/mol. The molecule has 0 aromatic heterocycles. The normalized spacial score (nSPS) is 22.8. The molecule has 12 heavy (non-hydrogen) atoms. The molecule has 1 aliphatic rings. The zero-order valence-corrected chi connectivity index (χ0v) is 7.64. The Balaban J connectivity index is 1.97. The van der Waals surface area contributed by atoms with Crippen molar-refractivity contribution in [2.24, 2.45) is 5.92 Å². The van der Waals surface area contributed by atoms with E-state index in [-0.39, 0.29) is 5.91 Å². The first-order valence-electron chi connectivity index (χ1n) is 4.58. The van der Waals surface area contributed by atoms with Gasteiger partial charge in [-0.15, -0.1) is 0 Å². The van der Waals surface area contributed by atoms with E-state index < -0.39 is 0 Å². The van der Waals surface area contributed by atoms with Crippen LogP contribution in [-0.4, -0.2) is 26.2 Å². The molecule has 1 heterocycles. The molecule has 0 bridgehead atoms. The van der Waals surface area contributed by atoms with Crippen molar-refractivity contribution >= 4 is 5.91 Å². The number of ether oxygens (including phenoxy) is 1. The van der Waals surface area contributed by atoms with Crippen LogP contribution in [0.15, 0.2) is 0 Å². The summed E-state index contributed by atoms with van der Waals surface area (Å²) in [6.07, 6.45) is 4.17. The van der Waals surface area contributed by atoms with E-state index in [9.17, 15) is 4.79 Å². The van der Waals surface area contributed by atoms with Crippen molar-refractivity contribution in [3.63, 3.8) is 0 Å². The van der Waals surface area contributed by atoms with E-state index in [1.54, 1.807) is 7.11 Å². The Morgan fingerprint density at radius 2 is 2.42 bits per heavy atom. The first kappa shape index (κ1) is 9.52. The molecule has 0 aromatic carbocycles. The van der Waals surface area contributed by atoms with Crippen LogP contribution in [0.25, 0.3) is 0 Å². The maximum atomic E-state index is 10.8. The summed E-state index contributed by atoms with van der Waals surface area (Å²) in [6, 6.07) is 0. The minimum absolute atomic E-state index is 0.215. The van der Waals surface area contributed by atoms with Gasteiger partial charge in [0, 0.05) is 26.7 Å². The number of unbranched alkanes of at least 4 members (excludes halogenated alkanes) is 1. The molecule has 0 spiro atoms. The van der Waals surface area contributed by atoms with Crippen LogP contribution in [-0.2, 0) is 9.53 Å². The van der Waals surface area contributed by atoms with Crippen LogP contribution in [0.2, 0.25) is 0 Å². The van der Waals surface area contributed by atoms with Gasteiger partial charge in [0.05, 0.1) is 0 Å². The van der Waals surface area contributed by atoms with Gasteiger partial charge in [-0.2, -0.15) is 0 Å². The van der Waals surface area contributed by atoms with E-state index in [2.05, 4.69) is 5.32 Å². The summed E-state index contributed by atoms with van der Waals surface area (Å²) in [6.45, 7) is 1.72. The molecule has 1 unspecified atom stereocenters. The molecular formula is C9H17NO2. The standard InChI is InChI=1S/C9H17NO2/c1-12-5-3-2-4-8-6-9(11)10-7-8/h8H,2-7H2,1H3,(H,10,11). The van der Waals surface area contributed by atoms with Gasteiger partial charge < -0.3 is 10.1 Å². The lowest BCUT2D eigenvalue weighted by Gasteiger charge is -2.05. The monoisotopic (exact) mass is 171 g/mol. The van der Waals surface area contributed by atoms with Gasteiger partial charge in [0.1, 0.15) is 0 Å². The van der Waals surface area contributed by atoms with Crippen LogP contribution in [0.4, 0.5) is 0 Å². The van der Waals surface area contributed by atoms with Crippen molar-refractivity contribution in [1.29, 1.82) is 0 Å². The number of hydrogen-bond donors (Lipinski definition) is 1. The molecule has 1 rings (SSSR count). The van der Waals surface area contributed by atoms with Gasteiger partial charge in [-0.25, -0.2) is 0 Å². The Morgan fingerprint density at radius 3 is 3.00 bits per heavy atom. The molecule has 0 saturated carbocycles. The number of amides is 1. The van der Waals surface area contributed by atoms with Gasteiger partial charge in [-0.1, -0.05) is 6.42 Å². The number of carbonyl (C=O) groups excluding carboxylic acids is 1. The third-order valence-electron chi connectivity index (χ3n) is 2.27. The lowest BCUT2D eigenvalue weighted by Crippen LogP contribution is -2.13. The highest BCUT2D eigenvalue weighted by Gasteiger charge is 2.20. The summed E-state index contributed by atoms with van der Waals surface area (Å²) in [4.78, 5) is 10.8. The first-order chi connectivity index (χ1) is 5.83. The van der Waals surface area contributed by atoms with Crippen LogP contribution in [0, 0.1) is 5.92 Å². The predicted octanol–water partition coefficient (Wildman–Crippen LogP) is 0.939. The number of nitrogens with one attached hydrogen (secondary N) is 1. The summed E-state index contributed by atoms with van der Waals surface area (Å²) in [5.41, 5.74) is 0. The summed E-state index contributed by atoms with van der Waals surface area (Å²) in [7, 11) is 1.72. The van der Waals surface area contributed by atoms with Crippen molar-refractivity contribution in [2.75, 3.05) is 20.3 Å². The highest BCUT2D eigenvalue weighted by molar-refractivity contribution is 5.78. The topological polar surface area (TPSA) is 38.3 Å². The minimum atomic E-state index is 0.215. The maximum Gasteiger partial charge on any atom is 0.220 e. The third kappa shape index (κ3) is 3.22. The molecule has 3 nitrogen and oxygen atoms in total. The smallest absolute Gasteiger partial charge is 0.220 e. The van der Waals surface area contributed by atoms with Gasteiger partial charge >= 0.3 is 0 Å². The molecular weight excluding hydrogens is 154 g/mol. The van der Waals surface area contributed by atoms with Crippen molar-refractivity contribution in [3.8, 4) is 0 Å². The zero-order chi connectivity index (χ0) is 8.81. The van der Waals surface area contributed by atoms with E-state index in [1.165, 1.54) is 6.42 Å². The molecule has 0 aromatic rings. The Morgan fingerprint density at radius 1 is 1.58 bits per heavy atom. The second-order valence-electron chi connectivity index (χ2n) is 3.36. The van der Waals surface area contributed by atoms with Crippen LogP contribution in [0.3, 0.4) is 0 Å². The quantitative estimate of drug-likeness (QED) is 0.625. The highest BCUT2D eigenvalue weighted by atomic mass is 16.5. The van der Waals surface area contributed by atoms with Gasteiger partial charge in [0.25, 0.3) is 0 Å². The van der Waals surface area contributed by atoms with E-state index in [0.717, 1.165) is 32.4 Å². The average Bonchev–Trinajstić information content (AvgIpc) is 2.45. The van der Waals surface area contributed by atoms with Crippen LogP contribution in [0.5, 0.6) is 0 Å². The fourth-order valence-corrected chi connectivity index (χ4v) is 1.55. The van der Waals surface area contributed by atoms with Crippen LogP contribution in [0.1, 0.15) is 25.7 Å². The fraction of sp³-hybridized carbons (Fsp3) is 0.889. The molecule has 1 amide bonds. The lowest BCUT2D eigenvalue weighted by molar-refractivity contribution is -0.119. The van der Waals surface area contributed by atoms with E-state index in [0.29, 0.717) is 5.92 Å². The summed E-state index contributed by atoms with van der Waals surface area (Å²) < 4.78 is 4.95. The summed E-state index contributed by atoms with van der Waals surface area (Å²) in [5, 5.41) is 2.84. The molecule has 0 aliphatic carbocycles. The zero-order valence-electron chi connectivity index (χ0n) is 7.64. The minimum Gasteiger partial charge on any atom is -0.385 e. The Labute approximate surface area is 73.5 Å². The summed E-state index contributed by atoms with van der Waals surface area (Å²) >= 11 is 0. The molecule has 1 aliphatic heterocycles. The molecule has 1 N–H and O–H groups in total. The first-order valence-corrected chi connectivity index (χ1v) is 4.58. The second-order valence-corrected chi connectivity index (χ2v) is 3.36.